The van der Waals surface area contributed by atoms with Gasteiger partial charge in [0.25, 0.3) is 5.16 Å². The van der Waals surface area contributed by atoms with Crippen LogP contribution in [0.25, 0.3) is 0 Å². The Hall–Kier alpha value is -2.35. The predicted molar refractivity (Wildman–Crippen MR) is 58.7 cm³/mol. The second kappa shape index (κ2) is 4.49. The van der Waals surface area contributed by atoms with Gasteiger partial charge < -0.3 is 5.11 Å². The average molecular weight is 265 g/mol. The number of benzene rings is 1. The molecule has 0 amide bonds. The molecule has 0 radical (unpaired) electrons. The lowest BCUT2D eigenvalue weighted by Gasteiger charge is -2.02. The van der Waals surface area contributed by atoms with E-state index in [1.54, 1.807) is 0 Å². The van der Waals surface area contributed by atoms with Crippen molar-refractivity contribution in [3.8, 4) is 0 Å². The summed E-state index contributed by atoms with van der Waals surface area (Å²) in [5.41, 5.74) is -0.120. The van der Waals surface area contributed by atoms with E-state index in [4.69, 9.17) is 5.11 Å². The fraction of sp³-hybridized carbons (Fsp3) is 0. The van der Waals surface area contributed by atoms with Crippen molar-refractivity contribution in [2.45, 2.75) is 10.1 Å². The molecule has 0 aliphatic carbocycles. The van der Waals surface area contributed by atoms with Crippen LogP contribution in [0.4, 0.5) is 0 Å². The molecule has 0 atom stereocenters. The van der Waals surface area contributed by atoms with Crippen molar-refractivity contribution in [2.24, 2.45) is 0 Å². The maximum absolute atomic E-state index is 12.1. The molecule has 0 unspecified atom stereocenters. The molecule has 1 aromatic carbocycles. The van der Waals surface area contributed by atoms with Crippen molar-refractivity contribution in [3.05, 3.63) is 42.5 Å². The Bertz CT molecular complexity index is 685. The zero-order valence-electron chi connectivity index (χ0n) is 8.89. The lowest BCUT2D eigenvalue weighted by molar-refractivity contribution is 0.0696. The van der Waals surface area contributed by atoms with Crippen LogP contribution in [0, 0.1) is 0 Å². The van der Waals surface area contributed by atoms with Gasteiger partial charge in [0.2, 0.25) is 9.84 Å². The second-order valence-electron chi connectivity index (χ2n) is 3.26. The van der Waals surface area contributed by atoms with Crippen molar-refractivity contribution in [2.75, 3.05) is 0 Å². The molecule has 92 valence electrons. The molecule has 0 saturated carbocycles. The lowest BCUT2D eigenvalue weighted by atomic mass is 10.2. The van der Waals surface area contributed by atoms with Crippen LogP contribution in [0.5, 0.6) is 0 Å². The fourth-order valence-corrected chi connectivity index (χ4v) is 2.39. The third-order valence-corrected chi connectivity index (χ3v) is 3.67. The van der Waals surface area contributed by atoms with E-state index >= 15 is 0 Å². The van der Waals surface area contributed by atoms with E-state index in [0.29, 0.717) is 0 Å². The topological polar surface area (TPSA) is 110 Å². The van der Waals surface area contributed by atoms with Gasteiger partial charge in [-0.25, -0.2) is 28.2 Å². The van der Waals surface area contributed by atoms with Crippen LogP contribution in [0.1, 0.15) is 10.4 Å². The SMILES string of the molecule is O=C(O)c1cccc(S(=O)(=O)c2ncncn2)c1. The zero-order valence-corrected chi connectivity index (χ0v) is 9.70. The maximum atomic E-state index is 12.1. The summed E-state index contributed by atoms with van der Waals surface area (Å²) in [5, 5.41) is 8.39. The van der Waals surface area contributed by atoms with Crippen LogP contribution in [-0.4, -0.2) is 34.4 Å². The van der Waals surface area contributed by atoms with Gasteiger partial charge in [0.15, 0.2) is 0 Å². The molecule has 0 bridgehead atoms. The summed E-state index contributed by atoms with van der Waals surface area (Å²) in [5.74, 6) is -1.21. The van der Waals surface area contributed by atoms with Crippen molar-refractivity contribution in [3.63, 3.8) is 0 Å². The van der Waals surface area contributed by atoms with E-state index in [1.807, 2.05) is 0 Å². The first-order valence-corrected chi connectivity index (χ1v) is 6.20. The molecular formula is C10H7N3O4S. The number of rotatable bonds is 3. The Morgan fingerprint density at radius 3 is 2.44 bits per heavy atom. The van der Waals surface area contributed by atoms with Gasteiger partial charge in [-0.3, -0.25) is 0 Å². The number of hydrogen-bond donors (Lipinski definition) is 1. The van der Waals surface area contributed by atoms with Gasteiger partial charge in [0, 0.05) is 0 Å². The van der Waals surface area contributed by atoms with Crippen LogP contribution < -0.4 is 0 Å². The summed E-state index contributed by atoms with van der Waals surface area (Å²) in [6.45, 7) is 0. The van der Waals surface area contributed by atoms with Crippen molar-refractivity contribution in [1.29, 1.82) is 0 Å². The van der Waals surface area contributed by atoms with E-state index in [1.165, 1.54) is 18.2 Å². The molecule has 1 aromatic heterocycles. The van der Waals surface area contributed by atoms with Gasteiger partial charge >= 0.3 is 5.97 Å². The standard InChI is InChI=1S/C10H7N3O4S/c14-9(15)7-2-1-3-8(4-7)18(16,17)10-12-5-11-6-13-10/h1-6H,(H,14,15). The number of carboxylic acid groups (broad SMARTS) is 1. The molecule has 8 heteroatoms. The summed E-state index contributed by atoms with van der Waals surface area (Å²) >= 11 is 0. The molecule has 0 aliphatic rings. The lowest BCUT2D eigenvalue weighted by Crippen LogP contribution is -2.08. The molecule has 0 fully saturated rings. The summed E-state index contributed by atoms with van der Waals surface area (Å²) in [6, 6.07) is 4.99. The van der Waals surface area contributed by atoms with E-state index in [2.05, 4.69) is 15.0 Å². The highest BCUT2D eigenvalue weighted by Crippen LogP contribution is 2.17. The predicted octanol–water partition coefficient (Wildman–Crippen LogP) is 0.403. The molecule has 1 heterocycles. The van der Waals surface area contributed by atoms with Gasteiger partial charge in [-0.05, 0) is 18.2 Å². The molecule has 1 N–H and O–H groups in total. The maximum Gasteiger partial charge on any atom is 0.335 e. The first-order valence-electron chi connectivity index (χ1n) is 4.72. The van der Waals surface area contributed by atoms with Gasteiger partial charge in [-0.15, -0.1) is 0 Å². The van der Waals surface area contributed by atoms with Crippen molar-refractivity contribution in [1.82, 2.24) is 15.0 Å². The van der Waals surface area contributed by atoms with Crippen molar-refractivity contribution < 1.29 is 18.3 Å². The summed E-state index contributed by atoms with van der Waals surface area (Å²) in [7, 11) is -3.92. The number of carbonyl (C=O) groups is 1. The summed E-state index contributed by atoms with van der Waals surface area (Å²) < 4.78 is 24.1. The third-order valence-electron chi connectivity index (χ3n) is 2.10. The minimum absolute atomic E-state index is 0.120. The third kappa shape index (κ3) is 2.18. The molecule has 0 saturated heterocycles. The Balaban J connectivity index is 2.55. The molecule has 7 nitrogen and oxygen atoms in total. The zero-order chi connectivity index (χ0) is 13.2. The molecule has 0 spiro atoms. The minimum Gasteiger partial charge on any atom is -0.478 e. The van der Waals surface area contributed by atoms with E-state index in [0.717, 1.165) is 18.7 Å². The number of nitrogens with zero attached hydrogens (tertiary/aromatic N) is 3. The smallest absolute Gasteiger partial charge is 0.335 e. The van der Waals surface area contributed by atoms with E-state index in [-0.39, 0.29) is 10.5 Å². The summed E-state index contributed by atoms with van der Waals surface area (Å²) in [4.78, 5) is 21.2. The van der Waals surface area contributed by atoms with Crippen LogP contribution in [0.2, 0.25) is 0 Å². The van der Waals surface area contributed by atoms with Crippen LogP contribution in [-0.2, 0) is 9.84 Å². The molecule has 0 aliphatic heterocycles. The minimum atomic E-state index is -3.92. The Morgan fingerprint density at radius 2 is 1.83 bits per heavy atom. The largest absolute Gasteiger partial charge is 0.478 e. The first-order chi connectivity index (χ1) is 8.51. The quantitative estimate of drug-likeness (QED) is 0.855. The highest BCUT2D eigenvalue weighted by atomic mass is 32.2. The number of hydrogen-bond acceptors (Lipinski definition) is 6. The van der Waals surface area contributed by atoms with Crippen LogP contribution in [0.3, 0.4) is 0 Å². The van der Waals surface area contributed by atoms with Gasteiger partial charge in [-0.2, -0.15) is 0 Å². The number of sulfone groups is 1. The Labute approximate surface area is 102 Å². The van der Waals surface area contributed by atoms with Gasteiger partial charge in [-0.1, -0.05) is 6.07 Å². The average Bonchev–Trinajstić information content (AvgIpc) is 2.40. The van der Waals surface area contributed by atoms with Crippen molar-refractivity contribution >= 4 is 15.8 Å². The first kappa shape index (κ1) is 12.1. The molecule has 2 rings (SSSR count). The van der Waals surface area contributed by atoms with Gasteiger partial charge in [0.1, 0.15) is 12.7 Å². The van der Waals surface area contributed by atoms with E-state index < -0.39 is 21.0 Å². The normalized spacial score (nSPS) is 11.1. The van der Waals surface area contributed by atoms with E-state index in [9.17, 15) is 13.2 Å². The monoisotopic (exact) mass is 265 g/mol. The van der Waals surface area contributed by atoms with Crippen LogP contribution in [0.15, 0.2) is 47.0 Å². The highest BCUT2D eigenvalue weighted by Gasteiger charge is 2.21. The molecule has 18 heavy (non-hydrogen) atoms. The fourth-order valence-electron chi connectivity index (χ4n) is 1.27. The molecule has 2 aromatic rings. The Kier molecular flexibility index (Phi) is 3.02. The Morgan fingerprint density at radius 1 is 1.17 bits per heavy atom. The van der Waals surface area contributed by atoms with Gasteiger partial charge in [0.05, 0.1) is 10.5 Å². The van der Waals surface area contributed by atoms with Crippen LogP contribution >= 0.6 is 0 Å². The number of carboxylic acids is 1. The number of aromatic carboxylic acids is 1. The summed E-state index contributed by atoms with van der Waals surface area (Å²) in [6.07, 6.45) is 2.11. The highest BCUT2D eigenvalue weighted by molar-refractivity contribution is 7.91. The molecular weight excluding hydrogens is 258 g/mol. The second-order valence-corrected chi connectivity index (χ2v) is 5.10. The number of aromatic nitrogens is 3.